The molecule has 0 spiro atoms. The topological polar surface area (TPSA) is 12.0 Å². The van der Waals surface area contributed by atoms with Crippen molar-refractivity contribution in [3.8, 4) is 0 Å². The second kappa shape index (κ2) is 6.01. The van der Waals surface area contributed by atoms with Gasteiger partial charge in [-0.05, 0) is 61.2 Å². The number of anilines is 1. The Morgan fingerprint density at radius 1 is 1.15 bits per heavy atom. The minimum atomic E-state index is 0.484. The minimum absolute atomic E-state index is 0.484. The maximum Gasteiger partial charge on any atom is 0.0634 e. The van der Waals surface area contributed by atoms with Gasteiger partial charge in [0.1, 0.15) is 0 Å². The Morgan fingerprint density at radius 3 is 2.65 bits per heavy atom. The van der Waals surface area contributed by atoms with E-state index in [9.17, 15) is 0 Å². The van der Waals surface area contributed by atoms with E-state index in [4.69, 9.17) is 0 Å². The summed E-state index contributed by atoms with van der Waals surface area (Å²) < 4.78 is 0. The molecular formula is C18H23NS. The molecular weight excluding hydrogens is 262 g/mol. The first-order chi connectivity index (χ1) is 9.74. The number of hydrogen-bond donors (Lipinski definition) is 1. The summed E-state index contributed by atoms with van der Waals surface area (Å²) in [5.41, 5.74) is 3.97. The Kier molecular flexibility index (Phi) is 4.11. The smallest absolute Gasteiger partial charge is 0.0634 e. The maximum absolute atomic E-state index is 3.84. The Morgan fingerprint density at radius 2 is 1.95 bits per heavy atom. The standard InChI is InChI=1S/C18H23NS/c1-13-9-10-14(2)16(12-13)19-18(15-6-3-4-7-15)17-8-5-11-20-17/h5,8-12,15,18-19H,3-4,6-7H2,1-2H3. The molecule has 20 heavy (non-hydrogen) atoms. The number of nitrogens with one attached hydrogen (secondary N) is 1. The molecule has 0 aliphatic heterocycles. The largest absolute Gasteiger partial charge is 0.377 e. The molecule has 0 saturated heterocycles. The van der Waals surface area contributed by atoms with Crippen LogP contribution in [0.2, 0.25) is 0 Å². The van der Waals surface area contributed by atoms with Crippen LogP contribution in [-0.2, 0) is 0 Å². The van der Waals surface area contributed by atoms with Gasteiger partial charge in [-0.25, -0.2) is 0 Å². The van der Waals surface area contributed by atoms with Gasteiger partial charge >= 0.3 is 0 Å². The van der Waals surface area contributed by atoms with Crippen LogP contribution in [0.4, 0.5) is 5.69 Å². The van der Waals surface area contributed by atoms with Crippen LogP contribution in [0.5, 0.6) is 0 Å². The fourth-order valence-electron chi connectivity index (χ4n) is 3.24. The van der Waals surface area contributed by atoms with Crippen LogP contribution in [0.1, 0.15) is 47.7 Å². The van der Waals surface area contributed by atoms with Crippen molar-refractivity contribution in [2.24, 2.45) is 5.92 Å². The van der Waals surface area contributed by atoms with Gasteiger partial charge < -0.3 is 5.32 Å². The number of benzene rings is 1. The van der Waals surface area contributed by atoms with Crippen LogP contribution < -0.4 is 5.32 Å². The lowest BCUT2D eigenvalue weighted by atomic mass is 9.96. The molecule has 3 rings (SSSR count). The molecule has 1 unspecified atom stereocenters. The lowest BCUT2D eigenvalue weighted by Crippen LogP contribution is -2.18. The quantitative estimate of drug-likeness (QED) is 0.759. The van der Waals surface area contributed by atoms with E-state index in [2.05, 4.69) is 54.9 Å². The first kappa shape index (κ1) is 13.7. The van der Waals surface area contributed by atoms with E-state index in [1.165, 1.54) is 47.4 Å². The summed E-state index contributed by atoms with van der Waals surface area (Å²) in [7, 11) is 0. The molecule has 0 amide bonds. The van der Waals surface area contributed by atoms with Crippen molar-refractivity contribution in [1.82, 2.24) is 0 Å². The summed E-state index contributed by atoms with van der Waals surface area (Å²) in [5, 5.41) is 6.04. The summed E-state index contributed by atoms with van der Waals surface area (Å²) in [6.45, 7) is 4.36. The second-order valence-electron chi connectivity index (χ2n) is 6.00. The van der Waals surface area contributed by atoms with Crippen molar-refractivity contribution in [3.05, 3.63) is 51.7 Å². The maximum atomic E-state index is 3.84. The molecule has 1 N–H and O–H groups in total. The highest BCUT2D eigenvalue weighted by atomic mass is 32.1. The normalized spacial score (nSPS) is 17.3. The van der Waals surface area contributed by atoms with Gasteiger partial charge in [-0.1, -0.05) is 31.0 Å². The van der Waals surface area contributed by atoms with E-state index in [0.29, 0.717) is 6.04 Å². The second-order valence-corrected chi connectivity index (χ2v) is 6.98. The number of thiophene rings is 1. The molecule has 106 valence electrons. The molecule has 1 atom stereocenters. The van der Waals surface area contributed by atoms with Crippen LogP contribution in [-0.4, -0.2) is 0 Å². The Bertz CT molecular complexity index is 553. The van der Waals surface area contributed by atoms with Crippen molar-refractivity contribution in [2.75, 3.05) is 5.32 Å². The van der Waals surface area contributed by atoms with E-state index >= 15 is 0 Å². The van der Waals surface area contributed by atoms with E-state index < -0.39 is 0 Å². The molecule has 1 aromatic carbocycles. The third-order valence-corrected chi connectivity index (χ3v) is 5.38. The molecule has 1 aliphatic rings. The van der Waals surface area contributed by atoms with E-state index in [-0.39, 0.29) is 0 Å². The molecule has 1 nitrogen and oxygen atoms in total. The zero-order valence-electron chi connectivity index (χ0n) is 12.4. The van der Waals surface area contributed by atoms with Gasteiger partial charge in [-0.2, -0.15) is 0 Å². The highest BCUT2D eigenvalue weighted by molar-refractivity contribution is 7.10. The SMILES string of the molecule is Cc1ccc(C)c(NC(c2cccs2)C2CCCC2)c1. The van der Waals surface area contributed by atoms with Crippen molar-refractivity contribution in [2.45, 2.75) is 45.6 Å². The monoisotopic (exact) mass is 285 g/mol. The van der Waals surface area contributed by atoms with Crippen molar-refractivity contribution in [1.29, 1.82) is 0 Å². The van der Waals surface area contributed by atoms with Crippen LogP contribution in [0.15, 0.2) is 35.7 Å². The third kappa shape index (κ3) is 2.90. The molecule has 1 fully saturated rings. The molecule has 1 heterocycles. The van der Waals surface area contributed by atoms with Crippen molar-refractivity contribution >= 4 is 17.0 Å². The van der Waals surface area contributed by atoms with Gasteiger partial charge in [-0.15, -0.1) is 11.3 Å². The van der Waals surface area contributed by atoms with Crippen molar-refractivity contribution < 1.29 is 0 Å². The number of hydrogen-bond acceptors (Lipinski definition) is 2. The minimum Gasteiger partial charge on any atom is -0.377 e. The number of aryl methyl sites for hydroxylation is 2. The first-order valence-electron chi connectivity index (χ1n) is 7.61. The molecule has 2 heteroatoms. The summed E-state index contributed by atoms with van der Waals surface area (Å²) in [4.78, 5) is 1.48. The van der Waals surface area contributed by atoms with E-state index in [1.54, 1.807) is 0 Å². The van der Waals surface area contributed by atoms with Crippen LogP contribution in [0.25, 0.3) is 0 Å². The van der Waals surface area contributed by atoms with Crippen LogP contribution >= 0.6 is 11.3 Å². The molecule has 0 radical (unpaired) electrons. The molecule has 1 aromatic heterocycles. The fraction of sp³-hybridized carbons (Fsp3) is 0.444. The van der Waals surface area contributed by atoms with E-state index in [0.717, 1.165) is 5.92 Å². The van der Waals surface area contributed by atoms with Gasteiger partial charge in [0, 0.05) is 10.6 Å². The summed E-state index contributed by atoms with van der Waals surface area (Å²) in [5.74, 6) is 0.786. The fourth-order valence-corrected chi connectivity index (χ4v) is 4.11. The van der Waals surface area contributed by atoms with Gasteiger partial charge in [0.25, 0.3) is 0 Å². The predicted molar refractivity (Wildman–Crippen MR) is 88.6 cm³/mol. The predicted octanol–water partition coefficient (Wildman–Crippen LogP) is 5.71. The Balaban J connectivity index is 1.88. The summed E-state index contributed by atoms with van der Waals surface area (Å²) in [6, 6.07) is 11.6. The van der Waals surface area contributed by atoms with Crippen LogP contribution in [0.3, 0.4) is 0 Å². The third-order valence-electron chi connectivity index (χ3n) is 4.43. The van der Waals surface area contributed by atoms with Crippen LogP contribution in [0, 0.1) is 19.8 Å². The van der Waals surface area contributed by atoms with Gasteiger partial charge in [-0.3, -0.25) is 0 Å². The molecule has 2 aromatic rings. The molecule has 1 saturated carbocycles. The Labute approximate surface area is 126 Å². The lowest BCUT2D eigenvalue weighted by molar-refractivity contribution is 0.475. The van der Waals surface area contributed by atoms with E-state index in [1.807, 2.05) is 11.3 Å². The zero-order valence-corrected chi connectivity index (χ0v) is 13.2. The highest BCUT2D eigenvalue weighted by Crippen LogP contribution is 2.39. The lowest BCUT2D eigenvalue weighted by Gasteiger charge is -2.26. The Hall–Kier alpha value is -1.28. The van der Waals surface area contributed by atoms with Gasteiger partial charge in [0.2, 0.25) is 0 Å². The number of rotatable bonds is 4. The first-order valence-corrected chi connectivity index (χ1v) is 8.49. The van der Waals surface area contributed by atoms with Gasteiger partial charge in [0.15, 0.2) is 0 Å². The molecule has 0 bridgehead atoms. The average Bonchev–Trinajstić information content (AvgIpc) is 3.12. The molecule has 1 aliphatic carbocycles. The average molecular weight is 285 g/mol. The zero-order chi connectivity index (χ0) is 13.9. The van der Waals surface area contributed by atoms with Gasteiger partial charge in [0.05, 0.1) is 6.04 Å². The highest BCUT2D eigenvalue weighted by Gasteiger charge is 2.27. The summed E-state index contributed by atoms with van der Waals surface area (Å²) >= 11 is 1.88. The van der Waals surface area contributed by atoms with Crippen molar-refractivity contribution in [3.63, 3.8) is 0 Å². The summed E-state index contributed by atoms with van der Waals surface area (Å²) in [6.07, 6.45) is 5.50.